The van der Waals surface area contributed by atoms with Gasteiger partial charge in [0, 0.05) is 30.8 Å². The van der Waals surface area contributed by atoms with Gasteiger partial charge in [-0.2, -0.15) is 0 Å². The minimum atomic E-state index is -0.826. The molecule has 0 aromatic carbocycles. The first-order valence-corrected chi connectivity index (χ1v) is 17.8. The first-order valence-electron chi connectivity index (χ1n) is 17.8. The van der Waals surface area contributed by atoms with Crippen molar-refractivity contribution < 1.29 is 28.6 Å². The summed E-state index contributed by atoms with van der Waals surface area (Å²) in [4.78, 5) is 37.7. The minimum absolute atomic E-state index is 0.0492. The molecule has 3 atom stereocenters. The molecule has 2 N–H and O–H groups in total. The van der Waals surface area contributed by atoms with E-state index in [1.165, 1.54) is 70.6 Å². The van der Waals surface area contributed by atoms with Crippen molar-refractivity contribution in [3.63, 3.8) is 0 Å². The summed E-state index contributed by atoms with van der Waals surface area (Å²) in [6, 6.07) is 0.0492. The second-order valence-electron chi connectivity index (χ2n) is 14.1. The third kappa shape index (κ3) is 16.4. The molecular formula is C36H64N2O6. The van der Waals surface area contributed by atoms with Gasteiger partial charge in [0.25, 0.3) is 0 Å². The summed E-state index contributed by atoms with van der Waals surface area (Å²) in [5.41, 5.74) is -0.467. The molecule has 254 valence electrons. The van der Waals surface area contributed by atoms with Crippen LogP contribution in [0.5, 0.6) is 0 Å². The highest BCUT2D eigenvalue weighted by atomic mass is 16.7. The first-order chi connectivity index (χ1) is 21.0. The van der Waals surface area contributed by atoms with Gasteiger partial charge in [-0.3, -0.25) is 14.4 Å². The van der Waals surface area contributed by atoms with E-state index >= 15 is 0 Å². The van der Waals surface area contributed by atoms with E-state index in [4.69, 9.17) is 14.2 Å². The van der Waals surface area contributed by atoms with Gasteiger partial charge in [0.2, 0.25) is 11.8 Å². The Labute approximate surface area is 268 Å². The smallest absolute Gasteiger partial charge is 0.307 e. The number of ether oxygens (including phenoxy) is 3. The van der Waals surface area contributed by atoms with Crippen LogP contribution in [0.1, 0.15) is 157 Å². The van der Waals surface area contributed by atoms with Gasteiger partial charge in [0.15, 0.2) is 5.79 Å². The van der Waals surface area contributed by atoms with Gasteiger partial charge in [-0.25, -0.2) is 0 Å². The largest absolute Gasteiger partial charge is 0.462 e. The van der Waals surface area contributed by atoms with Gasteiger partial charge >= 0.3 is 5.97 Å². The number of rotatable bonds is 21. The van der Waals surface area contributed by atoms with Crippen molar-refractivity contribution in [2.24, 2.45) is 5.41 Å². The molecule has 1 heterocycles. The van der Waals surface area contributed by atoms with Crippen LogP contribution < -0.4 is 10.6 Å². The second kappa shape index (κ2) is 21.0. The van der Waals surface area contributed by atoms with Crippen LogP contribution in [-0.4, -0.2) is 55.0 Å². The average Bonchev–Trinajstić information content (AvgIpc) is 2.96. The molecule has 8 nitrogen and oxygen atoms in total. The molecule has 1 saturated carbocycles. The van der Waals surface area contributed by atoms with Crippen LogP contribution in [0.25, 0.3) is 0 Å². The van der Waals surface area contributed by atoms with Crippen molar-refractivity contribution in [2.45, 2.75) is 181 Å². The van der Waals surface area contributed by atoms with Gasteiger partial charge in [0.05, 0.1) is 13.0 Å². The Balaban J connectivity index is 1.50. The van der Waals surface area contributed by atoms with Crippen LogP contribution in [0.15, 0.2) is 12.2 Å². The first kappa shape index (κ1) is 38.3. The number of carbonyl (C=O) groups excluding carboxylic acids is 3. The van der Waals surface area contributed by atoms with Crippen LogP contribution in [0.2, 0.25) is 0 Å². The number of hydrogen-bond donors (Lipinski definition) is 2. The minimum Gasteiger partial charge on any atom is -0.462 e. The Bertz CT molecular complexity index is 871. The highest BCUT2D eigenvalue weighted by Gasteiger charge is 2.45. The summed E-state index contributed by atoms with van der Waals surface area (Å²) < 4.78 is 17.2. The maximum absolute atomic E-state index is 12.8. The third-order valence-electron chi connectivity index (χ3n) is 8.72. The Kier molecular flexibility index (Phi) is 18.2. The predicted molar refractivity (Wildman–Crippen MR) is 176 cm³/mol. The van der Waals surface area contributed by atoms with Crippen LogP contribution in [-0.2, 0) is 28.6 Å². The zero-order valence-corrected chi connectivity index (χ0v) is 28.7. The molecule has 0 bridgehead atoms. The maximum atomic E-state index is 12.8. The van der Waals surface area contributed by atoms with Gasteiger partial charge in [-0.15, -0.1) is 0 Å². The lowest BCUT2D eigenvalue weighted by atomic mass is 9.85. The van der Waals surface area contributed by atoms with Crippen LogP contribution in [0.4, 0.5) is 0 Å². The number of unbranched alkanes of at least 4 members (excludes halogenated alkanes) is 11. The maximum Gasteiger partial charge on any atom is 0.307 e. The Morgan fingerprint density at radius 2 is 1.48 bits per heavy atom. The summed E-state index contributed by atoms with van der Waals surface area (Å²) in [5, 5.41) is 5.98. The van der Waals surface area contributed by atoms with E-state index in [-0.39, 0.29) is 42.9 Å². The molecule has 1 aliphatic heterocycles. The van der Waals surface area contributed by atoms with E-state index in [0.29, 0.717) is 19.4 Å². The fraction of sp³-hybridized carbons (Fsp3) is 0.861. The van der Waals surface area contributed by atoms with E-state index in [1.807, 2.05) is 13.8 Å². The highest BCUT2D eigenvalue weighted by molar-refractivity contribution is 5.82. The quantitative estimate of drug-likeness (QED) is 0.0775. The molecule has 2 aliphatic rings. The zero-order valence-electron chi connectivity index (χ0n) is 28.7. The Morgan fingerprint density at radius 1 is 0.841 bits per heavy atom. The van der Waals surface area contributed by atoms with Crippen LogP contribution in [0.3, 0.4) is 0 Å². The molecule has 1 saturated heterocycles. The van der Waals surface area contributed by atoms with Gasteiger partial charge in [-0.05, 0) is 65.2 Å². The summed E-state index contributed by atoms with van der Waals surface area (Å²) in [5.74, 6) is -1.30. The molecule has 0 radical (unpaired) electrons. The molecular weight excluding hydrogens is 556 g/mol. The summed E-state index contributed by atoms with van der Waals surface area (Å²) in [6.45, 7) is 10.3. The lowest BCUT2D eigenvalue weighted by Crippen LogP contribution is -2.56. The lowest BCUT2D eigenvalue weighted by Gasteiger charge is -2.44. The van der Waals surface area contributed by atoms with E-state index in [1.54, 1.807) is 13.8 Å². The monoisotopic (exact) mass is 620 g/mol. The average molecular weight is 621 g/mol. The van der Waals surface area contributed by atoms with Crippen LogP contribution in [0, 0.1) is 5.41 Å². The van der Waals surface area contributed by atoms with Gasteiger partial charge < -0.3 is 24.8 Å². The molecule has 44 heavy (non-hydrogen) atoms. The topological polar surface area (TPSA) is 103 Å². The van der Waals surface area contributed by atoms with E-state index in [0.717, 1.165) is 32.1 Å². The van der Waals surface area contributed by atoms with E-state index in [9.17, 15) is 14.4 Å². The highest BCUT2D eigenvalue weighted by Crippen LogP contribution is 2.34. The third-order valence-corrected chi connectivity index (χ3v) is 8.72. The molecule has 2 fully saturated rings. The Morgan fingerprint density at radius 3 is 2.16 bits per heavy atom. The molecule has 0 aromatic rings. The van der Waals surface area contributed by atoms with Crippen molar-refractivity contribution in [3.8, 4) is 0 Å². The lowest BCUT2D eigenvalue weighted by molar-refractivity contribution is -0.304. The molecule has 3 unspecified atom stereocenters. The molecule has 2 amide bonds. The zero-order chi connectivity index (χ0) is 32.3. The van der Waals surface area contributed by atoms with Gasteiger partial charge in [0.1, 0.15) is 12.2 Å². The molecule has 0 spiro atoms. The number of nitrogens with one attached hydrogen (secondary N) is 2. The fourth-order valence-electron chi connectivity index (χ4n) is 5.99. The molecule has 0 aromatic heterocycles. The SMILES string of the molecule is CCCCCCCCC=CCCCCCCCC(=O)NC1CCCC(OC(=O)CCNC(=O)C2OC(C)(C)OCC2(C)C)C1. The number of carbonyl (C=O) groups is 3. The van der Waals surface area contributed by atoms with Crippen LogP contribution >= 0.6 is 0 Å². The summed E-state index contributed by atoms with van der Waals surface area (Å²) >= 11 is 0. The van der Waals surface area contributed by atoms with Crippen molar-refractivity contribution in [1.82, 2.24) is 10.6 Å². The van der Waals surface area contributed by atoms with E-state index < -0.39 is 17.3 Å². The summed E-state index contributed by atoms with van der Waals surface area (Å²) in [6.07, 6.45) is 24.0. The number of allylic oxidation sites excluding steroid dienone is 2. The summed E-state index contributed by atoms with van der Waals surface area (Å²) in [7, 11) is 0. The number of esters is 1. The van der Waals surface area contributed by atoms with Crippen molar-refractivity contribution >= 4 is 17.8 Å². The fourth-order valence-corrected chi connectivity index (χ4v) is 5.99. The molecule has 2 rings (SSSR count). The van der Waals surface area contributed by atoms with Crippen molar-refractivity contribution in [1.29, 1.82) is 0 Å². The predicted octanol–water partition coefficient (Wildman–Crippen LogP) is 7.68. The number of amides is 2. The second-order valence-corrected chi connectivity index (χ2v) is 14.1. The standard InChI is InChI=1S/C36H64N2O6/c1-6-7-8-9-10-11-12-13-14-15-16-17-18-19-20-24-31(39)38-29-22-21-23-30(27-29)43-32(40)25-26-37-34(41)33-35(2,3)28-42-36(4,5)44-33/h13-14,29-30,33H,6-12,15-28H2,1-5H3,(H,37,41)(H,38,39). The molecule has 1 aliphatic carbocycles. The van der Waals surface area contributed by atoms with E-state index in [2.05, 4.69) is 29.7 Å². The van der Waals surface area contributed by atoms with Gasteiger partial charge in [-0.1, -0.05) is 84.3 Å². The number of hydrogen-bond acceptors (Lipinski definition) is 6. The van der Waals surface area contributed by atoms with Crippen molar-refractivity contribution in [3.05, 3.63) is 12.2 Å². The normalized spacial score (nSPS) is 22.9. The van der Waals surface area contributed by atoms with Crippen molar-refractivity contribution in [2.75, 3.05) is 13.2 Å². The molecule has 8 heteroatoms. The Hall–Kier alpha value is -1.93.